The number of carbonyl (C=O) groups excluding carboxylic acids is 1. The molecule has 1 saturated heterocycles. The molecule has 1 rings (SSSR count). The first-order valence-electron chi connectivity index (χ1n) is 9.59. The van der Waals surface area contributed by atoms with Crippen LogP contribution in [0.5, 0.6) is 0 Å². The Labute approximate surface area is 137 Å². The van der Waals surface area contributed by atoms with E-state index in [0.717, 1.165) is 25.7 Å². The summed E-state index contributed by atoms with van der Waals surface area (Å²) in [6.45, 7) is 2.46. The van der Waals surface area contributed by atoms with Gasteiger partial charge in [-0.15, -0.1) is 0 Å². The van der Waals surface area contributed by atoms with Gasteiger partial charge in [0.2, 0.25) is 0 Å². The van der Waals surface area contributed by atoms with Crippen LogP contribution in [0.15, 0.2) is 0 Å². The van der Waals surface area contributed by atoms with Crippen LogP contribution in [0.2, 0.25) is 0 Å². The van der Waals surface area contributed by atoms with Gasteiger partial charge in [-0.05, 0) is 45.8 Å². The summed E-state index contributed by atoms with van der Waals surface area (Å²) in [5.74, 6) is 0.0690. The Balaban J connectivity index is 2.25. The molecule has 22 heavy (non-hydrogen) atoms. The molecule has 0 amide bonds. The van der Waals surface area contributed by atoms with Gasteiger partial charge in [0.25, 0.3) is 0 Å². The molecule has 3 heteroatoms. The van der Waals surface area contributed by atoms with Crippen LogP contribution in [0, 0.1) is 0 Å². The van der Waals surface area contributed by atoms with Crippen molar-refractivity contribution < 1.29 is 9.90 Å². The highest BCUT2D eigenvalue weighted by molar-refractivity contribution is 5.82. The summed E-state index contributed by atoms with van der Waals surface area (Å²) in [7, 11) is 2.25. The number of hydrogen-bond acceptors (Lipinski definition) is 3. The molecule has 1 unspecified atom stereocenters. The zero-order valence-corrected chi connectivity index (χ0v) is 14.7. The van der Waals surface area contributed by atoms with Gasteiger partial charge in [0, 0.05) is 6.42 Å². The van der Waals surface area contributed by atoms with Crippen molar-refractivity contribution in [3.8, 4) is 0 Å². The fourth-order valence-corrected chi connectivity index (χ4v) is 3.25. The van der Waals surface area contributed by atoms with Gasteiger partial charge < -0.3 is 10.0 Å². The number of hydrogen-bond donors (Lipinski definition) is 1. The van der Waals surface area contributed by atoms with Crippen LogP contribution in [0.4, 0.5) is 0 Å². The average molecular weight is 312 g/mol. The predicted octanol–water partition coefficient (Wildman–Crippen LogP) is 4.32. The molecule has 1 heterocycles. The van der Waals surface area contributed by atoms with E-state index in [1.165, 1.54) is 64.5 Å². The summed E-state index contributed by atoms with van der Waals surface area (Å²) in [4.78, 5) is 14.3. The van der Waals surface area contributed by atoms with Crippen LogP contribution in [-0.4, -0.2) is 42.0 Å². The molecule has 1 aliphatic rings. The van der Waals surface area contributed by atoms with Gasteiger partial charge in [-0.3, -0.25) is 4.79 Å². The lowest BCUT2D eigenvalue weighted by Gasteiger charge is -2.16. The Bertz CT molecular complexity index is 281. The lowest BCUT2D eigenvalue weighted by atomic mass is 10.0. The van der Waals surface area contributed by atoms with E-state index in [-0.39, 0.29) is 5.78 Å². The maximum absolute atomic E-state index is 11.8. The zero-order chi connectivity index (χ0) is 16.0. The van der Waals surface area contributed by atoms with Crippen LogP contribution >= 0.6 is 0 Å². The van der Waals surface area contributed by atoms with Gasteiger partial charge in [0.1, 0.15) is 6.10 Å². The third-order valence-electron chi connectivity index (χ3n) is 4.85. The van der Waals surface area contributed by atoms with Crippen LogP contribution in [0.25, 0.3) is 0 Å². The average Bonchev–Trinajstić information content (AvgIpc) is 2.51. The second-order valence-electron chi connectivity index (χ2n) is 7.07. The van der Waals surface area contributed by atoms with Crippen LogP contribution in [0.1, 0.15) is 89.9 Å². The number of aliphatic hydroxyl groups excluding tert-OH is 1. The van der Waals surface area contributed by atoms with Crippen molar-refractivity contribution in [3.05, 3.63) is 0 Å². The van der Waals surface area contributed by atoms with Gasteiger partial charge in [-0.25, -0.2) is 0 Å². The molecule has 0 bridgehead atoms. The number of carbonyl (C=O) groups is 1. The molecule has 0 radical (unpaired) electrons. The van der Waals surface area contributed by atoms with Crippen molar-refractivity contribution in [1.29, 1.82) is 0 Å². The van der Waals surface area contributed by atoms with Crippen molar-refractivity contribution in [1.82, 2.24) is 4.90 Å². The molecular formula is C19H37NO2. The zero-order valence-electron chi connectivity index (χ0n) is 14.7. The number of aliphatic hydroxyl groups is 1. The minimum Gasteiger partial charge on any atom is -0.385 e. The first kappa shape index (κ1) is 19.6. The number of nitrogens with zero attached hydrogens (tertiary/aromatic N) is 1. The monoisotopic (exact) mass is 311 g/mol. The molecule has 0 aliphatic carbocycles. The van der Waals surface area contributed by atoms with Crippen molar-refractivity contribution in [2.45, 2.75) is 96.0 Å². The van der Waals surface area contributed by atoms with E-state index in [4.69, 9.17) is 0 Å². The minimum absolute atomic E-state index is 0.0690. The predicted molar refractivity (Wildman–Crippen MR) is 93.1 cm³/mol. The van der Waals surface area contributed by atoms with Gasteiger partial charge in [0.15, 0.2) is 5.78 Å². The normalized spacial score (nSPS) is 26.8. The fraction of sp³-hybridized carbons (Fsp3) is 0.947. The number of ketones is 1. The summed E-state index contributed by atoms with van der Waals surface area (Å²) in [6.07, 6.45) is 15.0. The van der Waals surface area contributed by atoms with Crippen LogP contribution in [-0.2, 0) is 4.79 Å². The van der Waals surface area contributed by atoms with Crippen molar-refractivity contribution >= 4 is 5.78 Å². The van der Waals surface area contributed by atoms with E-state index in [0.29, 0.717) is 12.8 Å². The number of rotatable bonds is 0. The lowest BCUT2D eigenvalue weighted by Crippen LogP contribution is -2.20. The molecule has 0 saturated carbocycles. The van der Waals surface area contributed by atoms with E-state index < -0.39 is 6.10 Å². The van der Waals surface area contributed by atoms with Gasteiger partial charge >= 0.3 is 0 Å². The molecule has 3 nitrogen and oxygen atoms in total. The highest BCUT2D eigenvalue weighted by Crippen LogP contribution is 2.13. The largest absolute Gasteiger partial charge is 0.385 e. The minimum atomic E-state index is -0.698. The van der Waals surface area contributed by atoms with Crippen molar-refractivity contribution in [2.24, 2.45) is 0 Å². The molecule has 1 fully saturated rings. The van der Waals surface area contributed by atoms with E-state index in [9.17, 15) is 9.90 Å². The Hall–Kier alpha value is -0.410. The van der Waals surface area contributed by atoms with Crippen molar-refractivity contribution in [3.63, 3.8) is 0 Å². The SMILES string of the molecule is CN1CCCCCCCCC(=O)C(O)CCCCCCCC1. The second kappa shape index (κ2) is 13.1. The van der Waals surface area contributed by atoms with E-state index >= 15 is 0 Å². The third-order valence-corrected chi connectivity index (χ3v) is 4.85. The summed E-state index contributed by atoms with van der Waals surface area (Å²) in [5.41, 5.74) is 0. The maximum atomic E-state index is 11.8. The first-order valence-corrected chi connectivity index (χ1v) is 9.59. The number of Topliss-reactive ketones (excluding diaryl/α,β-unsaturated/α-hetero) is 1. The summed E-state index contributed by atoms with van der Waals surface area (Å²) in [5, 5.41) is 9.88. The quantitative estimate of drug-likeness (QED) is 0.724. The summed E-state index contributed by atoms with van der Waals surface area (Å²) >= 11 is 0. The molecule has 0 aromatic carbocycles. The van der Waals surface area contributed by atoms with E-state index in [1.54, 1.807) is 0 Å². The van der Waals surface area contributed by atoms with Gasteiger partial charge in [-0.1, -0.05) is 57.8 Å². The Kier molecular flexibility index (Phi) is 11.7. The molecule has 0 aromatic heterocycles. The maximum Gasteiger partial charge on any atom is 0.161 e. The fourth-order valence-electron chi connectivity index (χ4n) is 3.25. The third kappa shape index (κ3) is 10.3. The van der Waals surface area contributed by atoms with Gasteiger partial charge in [-0.2, -0.15) is 0 Å². The van der Waals surface area contributed by atoms with E-state index in [1.807, 2.05) is 0 Å². The molecule has 130 valence electrons. The standard InChI is InChI=1S/C19H37NO2/c1-20-16-12-8-4-2-6-10-14-18(21)19(22)15-11-7-3-5-9-13-17-20/h18,21H,2-17H2,1H3. The molecular weight excluding hydrogens is 274 g/mol. The van der Waals surface area contributed by atoms with Gasteiger partial charge in [0.05, 0.1) is 0 Å². The van der Waals surface area contributed by atoms with Crippen LogP contribution < -0.4 is 0 Å². The first-order chi connectivity index (χ1) is 10.7. The summed E-state index contributed by atoms with van der Waals surface area (Å²) in [6, 6.07) is 0. The molecule has 0 aromatic rings. The summed E-state index contributed by atoms with van der Waals surface area (Å²) < 4.78 is 0. The Morgan fingerprint density at radius 1 is 0.773 bits per heavy atom. The highest BCUT2D eigenvalue weighted by atomic mass is 16.3. The lowest BCUT2D eigenvalue weighted by molar-refractivity contribution is -0.127. The highest BCUT2D eigenvalue weighted by Gasteiger charge is 2.13. The smallest absolute Gasteiger partial charge is 0.161 e. The topological polar surface area (TPSA) is 40.5 Å². The van der Waals surface area contributed by atoms with Crippen molar-refractivity contribution in [2.75, 3.05) is 20.1 Å². The van der Waals surface area contributed by atoms with E-state index in [2.05, 4.69) is 11.9 Å². The second-order valence-corrected chi connectivity index (χ2v) is 7.07. The van der Waals surface area contributed by atoms with Crippen LogP contribution in [0.3, 0.4) is 0 Å². The Morgan fingerprint density at radius 2 is 1.23 bits per heavy atom. The Morgan fingerprint density at radius 3 is 1.82 bits per heavy atom. The molecule has 1 aliphatic heterocycles. The molecule has 1 atom stereocenters. The molecule has 1 N–H and O–H groups in total. The molecule has 0 spiro atoms.